The molecule has 10 heavy (non-hydrogen) atoms. The van der Waals surface area contributed by atoms with Gasteiger partial charge >= 0.3 is 0 Å². The van der Waals surface area contributed by atoms with Crippen molar-refractivity contribution in [1.82, 2.24) is 0 Å². The third-order valence-corrected chi connectivity index (χ3v) is 2.32. The zero-order chi connectivity index (χ0) is 7.40. The molecule has 0 aromatic heterocycles. The second-order valence-electron chi connectivity index (χ2n) is 2.42. The molecule has 1 rings (SSSR count). The maximum atomic E-state index is 5.66. The van der Waals surface area contributed by atoms with Crippen LogP contribution in [0.15, 0.2) is 23.8 Å². The van der Waals surface area contributed by atoms with Crippen LogP contribution in [0.25, 0.3) is 0 Å². The van der Waals surface area contributed by atoms with E-state index >= 15 is 0 Å². The van der Waals surface area contributed by atoms with E-state index in [-0.39, 0.29) is 0 Å². The van der Waals surface area contributed by atoms with E-state index in [2.05, 4.69) is 18.2 Å². The van der Waals surface area contributed by atoms with E-state index in [1.807, 2.05) is 0 Å². The van der Waals surface area contributed by atoms with Crippen molar-refractivity contribution < 1.29 is 0 Å². The molecule has 0 heterocycles. The van der Waals surface area contributed by atoms with Gasteiger partial charge in [0.2, 0.25) is 0 Å². The Bertz CT molecular complexity index is 159. The average Bonchev–Trinajstić information content (AvgIpc) is 2.05. The van der Waals surface area contributed by atoms with E-state index in [1.54, 1.807) is 0 Å². The van der Waals surface area contributed by atoms with E-state index in [1.165, 1.54) is 5.57 Å². The first-order valence-electron chi connectivity index (χ1n) is 3.36. The number of alkyl halides is 2. The molecule has 0 N–H and O–H groups in total. The molecule has 0 aromatic rings. The molecular formula is C8H10Cl2. The highest BCUT2D eigenvalue weighted by Gasteiger charge is 2.05. The second-order valence-corrected chi connectivity index (χ2v) is 3.00. The van der Waals surface area contributed by atoms with Crippen molar-refractivity contribution in [2.75, 3.05) is 11.8 Å². The molecular weight excluding hydrogens is 167 g/mol. The summed E-state index contributed by atoms with van der Waals surface area (Å²) >= 11 is 11.3. The molecule has 0 bridgehead atoms. The quantitative estimate of drug-likeness (QED) is 0.569. The molecule has 1 unspecified atom stereocenters. The Morgan fingerprint density at radius 1 is 1.50 bits per heavy atom. The molecule has 0 amide bonds. The number of halogens is 2. The molecule has 56 valence electrons. The molecule has 0 radical (unpaired) electrons. The highest BCUT2D eigenvalue weighted by molar-refractivity contribution is 6.19. The fourth-order valence-corrected chi connectivity index (χ4v) is 1.35. The van der Waals surface area contributed by atoms with Crippen LogP contribution in [0, 0.1) is 5.92 Å². The Hall–Kier alpha value is 0.0600. The summed E-state index contributed by atoms with van der Waals surface area (Å²) in [5, 5.41) is 0. The van der Waals surface area contributed by atoms with E-state index < -0.39 is 0 Å². The van der Waals surface area contributed by atoms with E-state index in [0.29, 0.717) is 17.7 Å². The first-order chi connectivity index (χ1) is 4.86. The van der Waals surface area contributed by atoms with Crippen LogP contribution in [0.5, 0.6) is 0 Å². The molecule has 0 saturated carbocycles. The van der Waals surface area contributed by atoms with Crippen molar-refractivity contribution in [2.24, 2.45) is 5.92 Å². The number of hydrogen-bond donors (Lipinski definition) is 0. The molecule has 1 atom stereocenters. The summed E-state index contributed by atoms with van der Waals surface area (Å²) in [6.07, 6.45) is 7.39. The lowest BCUT2D eigenvalue weighted by Gasteiger charge is -2.10. The zero-order valence-corrected chi connectivity index (χ0v) is 7.20. The first kappa shape index (κ1) is 8.16. The molecule has 1 aliphatic rings. The number of rotatable bonds is 2. The lowest BCUT2D eigenvalue weighted by atomic mass is 9.99. The standard InChI is InChI=1S/C8H10Cl2/c9-5-7-1-2-8(6-10)4-3-7/h1-3,8H,4-6H2. The van der Waals surface area contributed by atoms with Gasteiger partial charge in [-0.05, 0) is 17.9 Å². The summed E-state index contributed by atoms with van der Waals surface area (Å²) in [5.41, 5.74) is 1.21. The Morgan fingerprint density at radius 2 is 2.30 bits per heavy atom. The monoisotopic (exact) mass is 176 g/mol. The average molecular weight is 177 g/mol. The Labute approximate surface area is 71.5 Å². The van der Waals surface area contributed by atoms with E-state index in [9.17, 15) is 0 Å². The van der Waals surface area contributed by atoms with Gasteiger partial charge in [0.15, 0.2) is 0 Å². The molecule has 0 fully saturated rings. The van der Waals surface area contributed by atoms with Gasteiger partial charge in [0.25, 0.3) is 0 Å². The highest BCUT2D eigenvalue weighted by atomic mass is 35.5. The SMILES string of the molecule is ClCC1=CCC(CCl)C=C1. The minimum Gasteiger partial charge on any atom is -0.126 e. The summed E-state index contributed by atoms with van der Waals surface area (Å²) < 4.78 is 0. The smallest absolute Gasteiger partial charge is 0.0470 e. The van der Waals surface area contributed by atoms with Gasteiger partial charge in [-0.25, -0.2) is 0 Å². The summed E-state index contributed by atoms with van der Waals surface area (Å²) in [7, 11) is 0. The van der Waals surface area contributed by atoms with Gasteiger partial charge in [-0.15, -0.1) is 23.2 Å². The summed E-state index contributed by atoms with van der Waals surface area (Å²) in [6.45, 7) is 0. The van der Waals surface area contributed by atoms with Crippen molar-refractivity contribution in [3.05, 3.63) is 23.8 Å². The Morgan fingerprint density at radius 3 is 2.70 bits per heavy atom. The Balaban J connectivity index is 2.46. The zero-order valence-electron chi connectivity index (χ0n) is 5.69. The van der Waals surface area contributed by atoms with Crippen molar-refractivity contribution in [2.45, 2.75) is 6.42 Å². The second kappa shape index (κ2) is 4.05. The van der Waals surface area contributed by atoms with Crippen LogP contribution >= 0.6 is 23.2 Å². The summed E-state index contributed by atoms with van der Waals surface area (Å²) in [5.74, 6) is 1.85. The highest BCUT2D eigenvalue weighted by Crippen LogP contribution is 2.17. The van der Waals surface area contributed by atoms with Gasteiger partial charge in [-0.1, -0.05) is 18.2 Å². The van der Waals surface area contributed by atoms with Gasteiger partial charge in [-0.2, -0.15) is 0 Å². The summed E-state index contributed by atoms with van der Waals surface area (Å²) in [4.78, 5) is 0. The molecule has 2 heteroatoms. The van der Waals surface area contributed by atoms with Crippen molar-refractivity contribution in [3.8, 4) is 0 Å². The largest absolute Gasteiger partial charge is 0.126 e. The first-order valence-corrected chi connectivity index (χ1v) is 4.43. The topological polar surface area (TPSA) is 0 Å². The minimum atomic E-state index is 0.522. The molecule has 0 saturated heterocycles. The number of allylic oxidation sites excluding steroid dienone is 4. The van der Waals surface area contributed by atoms with Gasteiger partial charge in [-0.3, -0.25) is 0 Å². The maximum Gasteiger partial charge on any atom is 0.0470 e. The lowest BCUT2D eigenvalue weighted by molar-refractivity contribution is 0.739. The van der Waals surface area contributed by atoms with Crippen molar-refractivity contribution >= 4 is 23.2 Å². The number of hydrogen-bond acceptors (Lipinski definition) is 0. The van der Waals surface area contributed by atoms with Crippen LogP contribution in [-0.4, -0.2) is 11.8 Å². The normalized spacial score (nSPS) is 24.6. The van der Waals surface area contributed by atoms with Crippen LogP contribution in [-0.2, 0) is 0 Å². The predicted molar refractivity (Wildman–Crippen MR) is 46.8 cm³/mol. The minimum absolute atomic E-state index is 0.522. The fraction of sp³-hybridized carbons (Fsp3) is 0.500. The molecule has 0 nitrogen and oxygen atoms in total. The Kier molecular flexibility index (Phi) is 3.30. The van der Waals surface area contributed by atoms with Crippen LogP contribution < -0.4 is 0 Å². The maximum absolute atomic E-state index is 5.66. The predicted octanol–water partition coefficient (Wildman–Crippen LogP) is 2.97. The molecule has 0 aromatic carbocycles. The summed E-state index contributed by atoms with van der Waals surface area (Å²) in [6, 6.07) is 0. The third kappa shape index (κ3) is 2.03. The van der Waals surface area contributed by atoms with Crippen molar-refractivity contribution in [3.63, 3.8) is 0 Å². The lowest BCUT2D eigenvalue weighted by Crippen LogP contribution is -2.01. The van der Waals surface area contributed by atoms with E-state index in [4.69, 9.17) is 23.2 Å². The van der Waals surface area contributed by atoms with Crippen LogP contribution in [0.1, 0.15) is 6.42 Å². The van der Waals surface area contributed by atoms with Gasteiger partial charge < -0.3 is 0 Å². The van der Waals surface area contributed by atoms with Crippen molar-refractivity contribution in [1.29, 1.82) is 0 Å². The van der Waals surface area contributed by atoms with E-state index in [0.717, 1.165) is 6.42 Å². The third-order valence-electron chi connectivity index (χ3n) is 1.62. The van der Waals surface area contributed by atoms with Crippen LogP contribution in [0.2, 0.25) is 0 Å². The van der Waals surface area contributed by atoms with Gasteiger partial charge in [0.05, 0.1) is 0 Å². The fourth-order valence-electron chi connectivity index (χ4n) is 0.923. The molecule has 0 spiro atoms. The molecule has 0 aliphatic heterocycles. The molecule has 1 aliphatic carbocycles. The van der Waals surface area contributed by atoms with Gasteiger partial charge in [0, 0.05) is 11.8 Å². The van der Waals surface area contributed by atoms with Crippen LogP contribution in [0.3, 0.4) is 0 Å². The van der Waals surface area contributed by atoms with Crippen LogP contribution in [0.4, 0.5) is 0 Å². The van der Waals surface area contributed by atoms with Gasteiger partial charge in [0.1, 0.15) is 0 Å².